The van der Waals surface area contributed by atoms with Crippen LogP contribution in [0.3, 0.4) is 0 Å². The second kappa shape index (κ2) is 13.9. The summed E-state index contributed by atoms with van der Waals surface area (Å²) in [5.41, 5.74) is 20.6. The second-order valence-corrected chi connectivity index (χ2v) is 21.3. The Morgan fingerprint density at radius 3 is 2.03 bits per heavy atom. The van der Waals surface area contributed by atoms with Crippen LogP contribution in [0.5, 0.6) is 0 Å². The van der Waals surface area contributed by atoms with Crippen LogP contribution in [-0.2, 0) is 22.7 Å². The predicted octanol–water partition coefficient (Wildman–Crippen LogP) is 13.9. The summed E-state index contributed by atoms with van der Waals surface area (Å²) >= 11 is 3.86. The normalized spacial score (nSPS) is 17.3. The summed E-state index contributed by atoms with van der Waals surface area (Å²) < 4.78 is 0. The van der Waals surface area contributed by atoms with E-state index in [0.717, 1.165) is 13.7 Å². The maximum absolute atomic E-state index is 3.99. The lowest BCUT2D eigenvalue weighted by Crippen LogP contribution is -2.42. The highest BCUT2D eigenvalue weighted by Gasteiger charge is 2.40. The summed E-state index contributed by atoms with van der Waals surface area (Å²) in [6, 6.07) is 40.2. The van der Waals surface area contributed by atoms with E-state index in [2.05, 4.69) is 169 Å². The Hall–Kier alpha value is -4.32. The summed E-state index contributed by atoms with van der Waals surface area (Å²) in [6.07, 6.45) is 7.13. The van der Waals surface area contributed by atoms with Gasteiger partial charge in [-0.1, -0.05) is 157 Å². The van der Waals surface area contributed by atoms with Crippen molar-refractivity contribution in [3.8, 4) is 11.1 Å². The van der Waals surface area contributed by atoms with E-state index < -0.39 is 0 Å². The van der Waals surface area contributed by atoms with Gasteiger partial charge >= 0.3 is 0 Å². The number of hydrogen-bond acceptors (Lipinski definition) is 4. The molecule has 3 aliphatic heterocycles. The van der Waals surface area contributed by atoms with Crippen LogP contribution in [0, 0.1) is 6.92 Å². The number of para-hydroxylation sites is 2. The smallest absolute Gasteiger partial charge is 0.198 e. The number of rotatable bonds is 6. The molecule has 1 N–H and O–H groups in total. The zero-order chi connectivity index (χ0) is 40.1. The molecule has 2 nitrogen and oxygen atoms in total. The van der Waals surface area contributed by atoms with Crippen molar-refractivity contribution in [3.05, 3.63) is 137 Å². The summed E-state index contributed by atoms with van der Waals surface area (Å²) in [5.74, 6) is 0. The highest BCUT2D eigenvalue weighted by atomic mass is 32.2. The van der Waals surface area contributed by atoms with Crippen LogP contribution >= 0.6 is 23.5 Å². The molecule has 10 rings (SSSR count). The van der Waals surface area contributed by atoms with Crippen molar-refractivity contribution in [2.24, 2.45) is 0 Å². The summed E-state index contributed by atoms with van der Waals surface area (Å²) in [7, 11) is 0.887. The lowest BCUT2D eigenvalue weighted by molar-refractivity contribution is 0.332. The number of nitrogens with one attached hydrogen (secondary N) is 1. The SMILES string of the molecule is CCCCCc1cc(-c2cccc3c2Nc2ccccc2C3(C)C)c2c(c1)N(c1cc3c(cc1C)C(C)(C)CCC3(C)C)c1cc3c(cc1B2)Sc1ccccc1S3. The molecule has 0 saturated carbocycles. The topological polar surface area (TPSA) is 15.3 Å². The molecular formula is C53H55BN2S2. The third kappa shape index (κ3) is 6.09. The van der Waals surface area contributed by atoms with Gasteiger partial charge in [-0.25, -0.2) is 0 Å². The average Bonchev–Trinajstić information content (AvgIpc) is 3.20. The average molecular weight is 795 g/mol. The van der Waals surface area contributed by atoms with E-state index in [9.17, 15) is 0 Å². The third-order valence-electron chi connectivity index (χ3n) is 13.9. The van der Waals surface area contributed by atoms with E-state index in [1.807, 2.05) is 23.5 Å². The summed E-state index contributed by atoms with van der Waals surface area (Å²) in [5, 5.41) is 3.99. The molecule has 0 radical (unpaired) electrons. The van der Waals surface area contributed by atoms with Crippen LogP contribution < -0.4 is 21.1 Å². The maximum atomic E-state index is 3.99. The van der Waals surface area contributed by atoms with Gasteiger partial charge in [-0.3, -0.25) is 0 Å². The minimum absolute atomic E-state index is 0.103. The molecule has 292 valence electrons. The van der Waals surface area contributed by atoms with Crippen LogP contribution in [-0.4, -0.2) is 7.28 Å². The molecular weight excluding hydrogens is 740 g/mol. The number of benzene rings is 6. The van der Waals surface area contributed by atoms with Crippen LogP contribution in [0.15, 0.2) is 123 Å². The lowest BCUT2D eigenvalue weighted by atomic mass is 9.57. The van der Waals surface area contributed by atoms with Gasteiger partial charge in [-0.15, -0.1) is 0 Å². The standard InChI is InChI=1S/C53H55BN2S2/c1-9-10-11-17-33-27-35(34-18-16-20-37-50(34)55-41-21-13-12-19-36(41)53(37,7)8)49-44(28-33)56(42-29-39-38(26-32(42)2)51(3,4)24-25-52(39,5)6)43-31-48-47(30-40(43)54-49)57-45-22-14-15-23-46(45)58-48/h12-16,18-23,26-31,54-55H,9-11,17,24-25H2,1-8H3. The molecule has 0 spiro atoms. The molecule has 0 atom stereocenters. The maximum Gasteiger partial charge on any atom is 0.198 e. The fraction of sp³-hybridized carbons (Fsp3) is 0.321. The molecule has 0 aromatic heterocycles. The predicted molar refractivity (Wildman–Crippen MR) is 253 cm³/mol. The quantitative estimate of drug-likeness (QED) is 0.133. The molecule has 0 fully saturated rings. The Bertz CT molecular complexity index is 2650. The Morgan fingerprint density at radius 2 is 1.29 bits per heavy atom. The van der Waals surface area contributed by atoms with Crippen LogP contribution in [0.4, 0.5) is 28.4 Å². The molecule has 0 bridgehead atoms. The fourth-order valence-corrected chi connectivity index (χ4v) is 12.7. The molecule has 6 aromatic carbocycles. The van der Waals surface area contributed by atoms with Gasteiger partial charge in [0.25, 0.3) is 0 Å². The highest BCUT2D eigenvalue weighted by molar-refractivity contribution is 8.05. The number of aryl methyl sites for hydroxylation is 2. The van der Waals surface area contributed by atoms with Gasteiger partial charge in [0.05, 0.1) is 5.69 Å². The number of anilines is 5. The summed E-state index contributed by atoms with van der Waals surface area (Å²) in [4.78, 5) is 8.12. The van der Waals surface area contributed by atoms with Crippen molar-refractivity contribution in [1.82, 2.24) is 0 Å². The van der Waals surface area contributed by atoms with E-state index >= 15 is 0 Å². The summed E-state index contributed by atoms with van der Waals surface area (Å²) in [6.45, 7) is 19.3. The van der Waals surface area contributed by atoms with E-state index in [1.165, 1.54) is 136 Å². The van der Waals surface area contributed by atoms with E-state index in [1.54, 1.807) is 0 Å². The zero-order valence-electron chi connectivity index (χ0n) is 35.5. The zero-order valence-corrected chi connectivity index (χ0v) is 37.2. The van der Waals surface area contributed by atoms with Crippen molar-refractivity contribution in [2.75, 3.05) is 10.2 Å². The minimum Gasteiger partial charge on any atom is -0.355 e. The molecule has 4 aliphatic rings. The van der Waals surface area contributed by atoms with Gasteiger partial charge in [0.2, 0.25) is 0 Å². The number of fused-ring (bicyclic) bond motifs is 7. The first-order chi connectivity index (χ1) is 27.8. The molecule has 1 aliphatic carbocycles. The number of hydrogen-bond donors (Lipinski definition) is 1. The van der Waals surface area contributed by atoms with Gasteiger partial charge in [0, 0.05) is 53.3 Å². The molecule has 0 saturated heterocycles. The van der Waals surface area contributed by atoms with Crippen LogP contribution in [0.25, 0.3) is 11.1 Å². The van der Waals surface area contributed by atoms with Gasteiger partial charge in [-0.2, -0.15) is 0 Å². The minimum atomic E-state index is -0.129. The van der Waals surface area contributed by atoms with E-state index in [4.69, 9.17) is 0 Å². The van der Waals surface area contributed by atoms with E-state index in [0.29, 0.717) is 0 Å². The first-order valence-electron chi connectivity index (χ1n) is 21.6. The molecule has 0 amide bonds. The first kappa shape index (κ1) is 37.9. The Morgan fingerprint density at radius 1 is 0.621 bits per heavy atom. The van der Waals surface area contributed by atoms with Gasteiger partial charge in [-0.05, 0) is 124 Å². The molecule has 58 heavy (non-hydrogen) atoms. The van der Waals surface area contributed by atoms with E-state index in [-0.39, 0.29) is 16.2 Å². The second-order valence-electron chi connectivity index (χ2n) is 19.2. The molecule has 3 heterocycles. The van der Waals surface area contributed by atoms with Crippen molar-refractivity contribution >= 4 is 70.2 Å². The lowest BCUT2D eigenvalue weighted by Gasteiger charge is -2.44. The Kier molecular flexibility index (Phi) is 9.08. The van der Waals surface area contributed by atoms with Crippen LogP contribution in [0.2, 0.25) is 0 Å². The fourth-order valence-electron chi connectivity index (χ4n) is 10.4. The van der Waals surface area contributed by atoms with Gasteiger partial charge in [0.15, 0.2) is 7.28 Å². The highest BCUT2D eigenvalue weighted by Crippen LogP contribution is 2.54. The molecule has 5 heteroatoms. The Labute approximate surface area is 355 Å². The number of nitrogens with zero attached hydrogens (tertiary/aromatic N) is 1. The largest absolute Gasteiger partial charge is 0.355 e. The Balaban J connectivity index is 1.24. The van der Waals surface area contributed by atoms with Crippen LogP contribution in [0.1, 0.15) is 114 Å². The van der Waals surface area contributed by atoms with Gasteiger partial charge in [0.1, 0.15) is 0 Å². The van der Waals surface area contributed by atoms with Crippen molar-refractivity contribution in [3.63, 3.8) is 0 Å². The number of unbranched alkanes of at least 4 members (excludes halogenated alkanes) is 2. The molecule has 6 aromatic rings. The first-order valence-corrected chi connectivity index (χ1v) is 23.2. The van der Waals surface area contributed by atoms with Gasteiger partial charge < -0.3 is 10.2 Å². The monoisotopic (exact) mass is 794 g/mol. The van der Waals surface area contributed by atoms with Crippen molar-refractivity contribution in [1.29, 1.82) is 0 Å². The van der Waals surface area contributed by atoms with Crippen molar-refractivity contribution in [2.45, 2.75) is 130 Å². The molecule has 0 unspecified atom stereocenters. The third-order valence-corrected chi connectivity index (χ3v) is 16.5. The van der Waals surface area contributed by atoms with Crippen molar-refractivity contribution < 1.29 is 0 Å².